The number of fused-ring (bicyclic) bond motifs is 1. The average molecular weight is 293 g/mol. The fourth-order valence-electron chi connectivity index (χ4n) is 2.72. The Morgan fingerprint density at radius 3 is 2.70 bits per heavy atom. The van der Waals surface area contributed by atoms with Crippen molar-refractivity contribution in [1.82, 2.24) is 14.7 Å². The van der Waals surface area contributed by atoms with Crippen molar-refractivity contribution >= 4 is 18.2 Å². The number of rotatable bonds is 3. The molecule has 1 aromatic heterocycles. The van der Waals surface area contributed by atoms with Gasteiger partial charge in [-0.2, -0.15) is 5.10 Å². The number of halogens is 1. The summed E-state index contributed by atoms with van der Waals surface area (Å²) in [5.41, 5.74) is 9.70. The molecule has 2 aromatic rings. The van der Waals surface area contributed by atoms with Gasteiger partial charge < -0.3 is 5.73 Å². The lowest BCUT2D eigenvalue weighted by Gasteiger charge is -2.25. The summed E-state index contributed by atoms with van der Waals surface area (Å²) in [5.74, 6) is 0.794. The van der Waals surface area contributed by atoms with Crippen LogP contribution in [-0.4, -0.2) is 27.8 Å². The molecule has 0 fully saturated rings. The second-order valence-corrected chi connectivity index (χ2v) is 5.08. The van der Waals surface area contributed by atoms with E-state index in [2.05, 4.69) is 16.9 Å². The van der Waals surface area contributed by atoms with Gasteiger partial charge in [0.25, 0.3) is 0 Å². The van der Waals surface area contributed by atoms with Gasteiger partial charge in [0, 0.05) is 25.1 Å². The van der Waals surface area contributed by atoms with E-state index >= 15 is 0 Å². The molecule has 0 amide bonds. The maximum Gasteiger partial charge on any atom is 0.132 e. The molecular formula is C15H21ClN4. The first-order valence-electron chi connectivity index (χ1n) is 6.93. The summed E-state index contributed by atoms with van der Waals surface area (Å²) in [7, 11) is 0. The highest BCUT2D eigenvalue weighted by Crippen LogP contribution is 2.26. The average Bonchev–Trinajstić information content (AvgIpc) is 2.78. The van der Waals surface area contributed by atoms with Crippen LogP contribution in [0.1, 0.15) is 24.6 Å². The van der Waals surface area contributed by atoms with E-state index in [9.17, 15) is 0 Å². The minimum atomic E-state index is 0. The quantitative estimate of drug-likeness (QED) is 0.946. The molecule has 1 aromatic carbocycles. The van der Waals surface area contributed by atoms with Crippen LogP contribution in [0.25, 0.3) is 5.69 Å². The van der Waals surface area contributed by atoms with Gasteiger partial charge in [-0.15, -0.1) is 12.4 Å². The Morgan fingerprint density at radius 2 is 2.00 bits per heavy atom. The Morgan fingerprint density at radius 1 is 1.25 bits per heavy atom. The summed E-state index contributed by atoms with van der Waals surface area (Å²) in [6, 6.07) is 10.1. The molecule has 0 spiro atoms. The third-order valence-electron chi connectivity index (χ3n) is 3.69. The van der Waals surface area contributed by atoms with E-state index in [0.29, 0.717) is 0 Å². The summed E-state index contributed by atoms with van der Waals surface area (Å²) in [5, 5.41) is 4.68. The van der Waals surface area contributed by atoms with Crippen molar-refractivity contribution in [3.8, 4) is 5.69 Å². The summed E-state index contributed by atoms with van der Waals surface area (Å²) >= 11 is 0. The number of nitrogens with two attached hydrogens (primary N) is 1. The van der Waals surface area contributed by atoms with Crippen LogP contribution in [0.3, 0.4) is 0 Å². The predicted molar refractivity (Wildman–Crippen MR) is 84.5 cm³/mol. The monoisotopic (exact) mass is 292 g/mol. The highest BCUT2D eigenvalue weighted by atomic mass is 35.5. The third-order valence-corrected chi connectivity index (χ3v) is 3.69. The molecule has 0 unspecified atom stereocenters. The normalized spacial score (nSPS) is 14.7. The molecule has 20 heavy (non-hydrogen) atoms. The maximum absolute atomic E-state index is 6.29. The molecule has 0 radical (unpaired) electrons. The number of para-hydroxylation sites is 1. The standard InChI is InChI=1S/C15H20N4.ClH/c1-2-9-18-10-8-14-13(11-18)15(16)19(17-14)12-6-4-3-5-7-12;/h3-7H,2,8-11,16H2,1H3;1H. The minimum absolute atomic E-state index is 0. The molecule has 108 valence electrons. The number of nitrogen functional groups attached to an aromatic ring is 1. The van der Waals surface area contributed by atoms with Crippen molar-refractivity contribution in [1.29, 1.82) is 0 Å². The highest BCUT2D eigenvalue weighted by molar-refractivity contribution is 5.85. The van der Waals surface area contributed by atoms with Gasteiger partial charge in [0.15, 0.2) is 0 Å². The topological polar surface area (TPSA) is 47.1 Å². The fraction of sp³-hybridized carbons (Fsp3) is 0.400. The second kappa shape index (κ2) is 6.29. The molecule has 2 heterocycles. The van der Waals surface area contributed by atoms with Gasteiger partial charge in [0.05, 0.1) is 11.4 Å². The number of aromatic nitrogens is 2. The molecule has 1 aliphatic rings. The summed E-state index contributed by atoms with van der Waals surface area (Å²) in [6.45, 7) is 5.37. The Balaban J connectivity index is 0.00000147. The molecule has 0 saturated carbocycles. The number of hydrogen-bond acceptors (Lipinski definition) is 3. The zero-order chi connectivity index (χ0) is 13.2. The number of benzene rings is 1. The van der Waals surface area contributed by atoms with E-state index in [1.807, 2.05) is 35.0 Å². The van der Waals surface area contributed by atoms with Crippen LogP contribution < -0.4 is 5.73 Å². The van der Waals surface area contributed by atoms with E-state index in [0.717, 1.165) is 43.3 Å². The fourth-order valence-corrected chi connectivity index (χ4v) is 2.72. The zero-order valence-corrected chi connectivity index (χ0v) is 12.6. The highest BCUT2D eigenvalue weighted by Gasteiger charge is 2.23. The van der Waals surface area contributed by atoms with Gasteiger partial charge in [0.1, 0.15) is 5.82 Å². The Labute approximate surface area is 126 Å². The van der Waals surface area contributed by atoms with E-state index in [4.69, 9.17) is 5.73 Å². The van der Waals surface area contributed by atoms with Gasteiger partial charge >= 0.3 is 0 Å². The number of anilines is 1. The third kappa shape index (κ3) is 2.67. The first-order chi connectivity index (χ1) is 9.29. The van der Waals surface area contributed by atoms with Crippen molar-refractivity contribution in [2.75, 3.05) is 18.8 Å². The molecule has 2 N–H and O–H groups in total. The SMILES string of the molecule is CCCN1CCc2nn(-c3ccccc3)c(N)c2C1.Cl. The molecule has 4 nitrogen and oxygen atoms in total. The molecule has 0 bridgehead atoms. The Hall–Kier alpha value is -1.52. The first-order valence-corrected chi connectivity index (χ1v) is 6.93. The predicted octanol–water partition coefficient (Wildman–Crippen LogP) is 2.64. The molecule has 1 aliphatic heterocycles. The van der Waals surface area contributed by atoms with Gasteiger partial charge in [-0.25, -0.2) is 4.68 Å². The lowest BCUT2D eigenvalue weighted by molar-refractivity contribution is 0.254. The second-order valence-electron chi connectivity index (χ2n) is 5.08. The number of hydrogen-bond donors (Lipinski definition) is 1. The van der Waals surface area contributed by atoms with Crippen LogP contribution in [0.15, 0.2) is 30.3 Å². The molecule has 0 saturated heterocycles. The minimum Gasteiger partial charge on any atom is -0.383 e. The van der Waals surface area contributed by atoms with Crippen LogP contribution in [-0.2, 0) is 13.0 Å². The van der Waals surface area contributed by atoms with E-state index < -0.39 is 0 Å². The lowest BCUT2D eigenvalue weighted by atomic mass is 10.1. The maximum atomic E-state index is 6.29. The molecule has 0 atom stereocenters. The van der Waals surface area contributed by atoms with Gasteiger partial charge in [0.2, 0.25) is 0 Å². The van der Waals surface area contributed by atoms with Crippen molar-refractivity contribution in [2.24, 2.45) is 0 Å². The molecule has 5 heteroatoms. The van der Waals surface area contributed by atoms with Crippen molar-refractivity contribution < 1.29 is 0 Å². The van der Waals surface area contributed by atoms with Crippen LogP contribution >= 0.6 is 12.4 Å². The number of nitrogens with zero attached hydrogens (tertiary/aromatic N) is 3. The smallest absolute Gasteiger partial charge is 0.132 e. The molecule has 0 aliphatic carbocycles. The largest absolute Gasteiger partial charge is 0.383 e. The summed E-state index contributed by atoms with van der Waals surface area (Å²) in [4.78, 5) is 2.45. The van der Waals surface area contributed by atoms with Crippen molar-refractivity contribution in [2.45, 2.75) is 26.3 Å². The van der Waals surface area contributed by atoms with E-state index in [1.54, 1.807) is 0 Å². The van der Waals surface area contributed by atoms with Gasteiger partial charge in [-0.05, 0) is 25.1 Å². The summed E-state index contributed by atoms with van der Waals surface area (Å²) < 4.78 is 1.88. The Kier molecular flexibility index (Phi) is 4.68. The van der Waals surface area contributed by atoms with E-state index in [-0.39, 0.29) is 12.4 Å². The molecule has 3 rings (SSSR count). The van der Waals surface area contributed by atoms with Crippen LogP contribution in [0.4, 0.5) is 5.82 Å². The van der Waals surface area contributed by atoms with Crippen molar-refractivity contribution in [3.63, 3.8) is 0 Å². The zero-order valence-electron chi connectivity index (χ0n) is 11.7. The van der Waals surface area contributed by atoms with Crippen LogP contribution in [0, 0.1) is 0 Å². The summed E-state index contributed by atoms with van der Waals surface area (Å²) in [6.07, 6.45) is 2.18. The van der Waals surface area contributed by atoms with Crippen molar-refractivity contribution in [3.05, 3.63) is 41.6 Å². The van der Waals surface area contributed by atoms with Crippen LogP contribution in [0.2, 0.25) is 0 Å². The van der Waals surface area contributed by atoms with E-state index in [1.165, 1.54) is 12.0 Å². The Bertz CT molecular complexity index is 565. The van der Waals surface area contributed by atoms with Crippen LogP contribution in [0.5, 0.6) is 0 Å². The molecular weight excluding hydrogens is 272 g/mol. The lowest BCUT2D eigenvalue weighted by Crippen LogP contribution is -2.31. The first kappa shape index (κ1) is 14.9. The van der Waals surface area contributed by atoms with Gasteiger partial charge in [-0.1, -0.05) is 25.1 Å². The van der Waals surface area contributed by atoms with Gasteiger partial charge in [-0.3, -0.25) is 4.90 Å².